The number of anilines is 2. The van der Waals surface area contributed by atoms with E-state index in [1.807, 2.05) is 25.1 Å². The Bertz CT molecular complexity index is 1080. The van der Waals surface area contributed by atoms with Crippen LogP contribution in [0.1, 0.15) is 65.2 Å². The number of pyridine rings is 2. The molecule has 182 valence electrons. The molecular formula is C25H34N6O3. The van der Waals surface area contributed by atoms with E-state index in [1.54, 1.807) is 23.1 Å². The van der Waals surface area contributed by atoms with Gasteiger partial charge < -0.3 is 20.6 Å². The van der Waals surface area contributed by atoms with Gasteiger partial charge in [0.2, 0.25) is 0 Å². The number of nitrogens with zero attached hydrogens (tertiary/aromatic N) is 4. The molecule has 3 heterocycles. The predicted molar refractivity (Wildman–Crippen MR) is 131 cm³/mol. The highest BCUT2D eigenvalue weighted by atomic mass is 16.3. The van der Waals surface area contributed by atoms with Crippen molar-refractivity contribution in [2.45, 2.75) is 52.2 Å². The van der Waals surface area contributed by atoms with Gasteiger partial charge in [-0.2, -0.15) is 0 Å². The fourth-order valence-corrected chi connectivity index (χ4v) is 4.42. The third kappa shape index (κ3) is 4.50. The van der Waals surface area contributed by atoms with E-state index in [1.165, 1.54) is 0 Å². The van der Waals surface area contributed by atoms with Crippen LogP contribution in [-0.4, -0.2) is 60.2 Å². The third-order valence-electron chi connectivity index (χ3n) is 7.09. The topological polar surface area (TPSA) is 111 Å². The number of hydrogen-bond donors (Lipinski definition) is 3. The number of nitrogens with one attached hydrogen (secondary N) is 2. The van der Waals surface area contributed by atoms with Gasteiger partial charge in [0.25, 0.3) is 11.8 Å². The van der Waals surface area contributed by atoms with Crippen molar-refractivity contribution in [1.29, 1.82) is 0 Å². The molecular weight excluding hydrogens is 432 g/mol. The molecule has 0 unspecified atom stereocenters. The fraction of sp³-hybridized carbons (Fsp3) is 0.520. The molecule has 1 aliphatic heterocycles. The molecule has 0 saturated heterocycles. The summed E-state index contributed by atoms with van der Waals surface area (Å²) in [6, 6.07) is 7.21. The first-order chi connectivity index (χ1) is 16.3. The van der Waals surface area contributed by atoms with E-state index >= 15 is 0 Å². The molecule has 3 N–H and O–H groups in total. The zero-order valence-corrected chi connectivity index (χ0v) is 20.4. The van der Waals surface area contributed by atoms with Crippen molar-refractivity contribution in [3.63, 3.8) is 0 Å². The molecule has 9 heteroatoms. The van der Waals surface area contributed by atoms with Gasteiger partial charge >= 0.3 is 0 Å². The Morgan fingerprint density at radius 1 is 1.29 bits per heavy atom. The molecule has 2 aromatic heterocycles. The van der Waals surface area contributed by atoms with Gasteiger partial charge in [-0.3, -0.25) is 14.5 Å². The van der Waals surface area contributed by atoms with E-state index in [0.29, 0.717) is 31.0 Å². The molecule has 2 amide bonds. The summed E-state index contributed by atoms with van der Waals surface area (Å²) in [6.45, 7) is 5.55. The lowest BCUT2D eigenvalue weighted by atomic mass is 9.69. The van der Waals surface area contributed by atoms with Crippen molar-refractivity contribution in [3.05, 3.63) is 46.8 Å². The van der Waals surface area contributed by atoms with Crippen LogP contribution in [0.3, 0.4) is 0 Å². The quantitative estimate of drug-likeness (QED) is 0.519. The molecule has 34 heavy (non-hydrogen) atoms. The lowest BCUT2D eigenvalue weighted by molar-refractivity contribution is 0.0428. The SMILES string of the molecule is CNCc1nc(N(C)C(C)C)cc2c1CN(c1cccc(C(=O)NCC3(CO)CCC3)n1)C2=O. The summed E-state index contributed by atoms with van der Waals surface area (Å²) < 4.78 is 0. The molecule has 0 bridgehead atoms. The van der Waals surface area contributed by atoms with Gasteiger partial charge in [0.1, 0.15) is 17.3 Å². The van der Waals surface area contributed by atoms with Crippen LogP contribution in [0.25, 0.3) is 0 Å². The second kappa shape index (κ2) is 9.68. The van der Waals surface area contributed by atoms with Gasteiger partial charge in [-0.05, 0) is 51.9 Å². The number of aliphatic hydroxyl groups is 1. The summed E-state index contributed by atoms with van der Waals surface area (Å²) in [5.74, 6) is 0.740. The first kappa shape index (κ1) is 24.1. The second-order valence-corrected chi connectivity index (χ2v) is 9.65. The van der Waals surface area contributed by atoms with E-state index in [0.717, 1.165) is 36.3 Å². The summed E-state index contributed by atoms with van der Waals surface area (Å²) in [4.78, 5) is 39.1. The number of amides is 2. The normalized spacial score (nSPS) is 16.4. The Balaban J connectivity index is 1.57. The maximum absolute atomic E-state index is 13.4. The Morgan fingerprint density at radius 2 is 2.06 bits per heavy atom. The van der Waals surface area contributed by atoms with Crippen molar-refractivity contribution in [1.82, 2.24) is 20.6 Å². The van der Waals surface area contributed by atoms with Crippen LogP contribution < -0.4 is 20.4 Å². The van der Waals surface area contributed by atoms with E-state index in [9.17, 15) is 14.7 Å². The summed E-state index contributed by atoms with van der Waals surface area (Å²) in [5.41, 5.74) is 2.38. The van der Waals surface area contributed by atoms with Crippen LogP contribution in [0.15, 0.2) is 24.3 Å². The van der Waals surface area contributed by atoms with Gasteiger partial charge in [-0.25, -0.2) is 9.97 Å². The molecule has 2 aliphatic rings. The number of fused-ring (bicyclic) bond motifs is 1. The monoisotopic (exact) mass is 466 g/mol. The standard InChI is InChI=1S/C25H34N6O3/c1-16(2)30(4)22-11-17-18(20(29-22)12-26-3)13-31(24(17)34)21-8-5-7-19(28-21)23(33)27-14-25(15-32)9-6-10-25/h5,7-8,11,16,26,32H,6,9-10,12-15H2,1-4H3,(H,27,33). The molecule has 2 aromatic rings. The summed E-state index contributed by atoms with van der Waals surface area (Å²) in [6.07, 6.45) is 2.89. The van der Waals surface area contributed by atoms with Gasteiger partial charge in [-0.1, -0.05) is 12.5 Å². The molecule has 0 radical (unpaired) electrons. The molecule has 1 fully saturated rings. The molecule has 9 nitrogen and oxygen atoms in total. The van der Waals surface area contributed by atoms with Crippen LogP contribution in [0.2, 0.25) is 0 Å². The first-order valence-corrected chi connectivity index (χ1v) is 11.9. The molecule has 1 aliphatic carbocycles. The minimum atomic E-state index is -0.302. The number of aromatic nitrogens is 2. The number of aliphatic hydroxyl groups excluding tert-OH is 1. The van der Waals surface area contributed by atoms with Gasteiger partial charge in [-0.15, -0.1) is 0 Å². The van der Waals surface area contributed by atoms with Crippen LogP contribution >= 0.6 is 0 Å². The minimum Gasteiger partial charge on any atom is -0.396 e. The van der Waals surface area contributed by atoms with Crippen LogP contribution in [0.4, 0.5) is 11.6 Å². The maximum atomic E-state index is 13.4. The van der Waals surface area contributed by atoms with Crippen molar-refractivity contribution in [2.24, 2.45) is 5.41 Å². The molecule has 4 rings (SSSR count). The van der Waals surface area contributed by atoms with Gasteiger partial charge in [0, 0.05) is 37.2 Å². The summed E-state index contributed by atoms with van der Waals surface area (Å²) >= 11 is 0. The Morgan fingerprint density at radius 3 is 2.68 bits per heavy atom. The van der Waals surface area contributed by atoms with Crippen LogP contribution in [0.5, 0.6) is 0 Å². The molecule has 0 spiro atoms. The Labute approximate surface area is 200 Å². The lowest BCUT2D eigenvalue weighted by Gasteiger charge is -2.40. The van der Waals surface area contributed by atoms with Crippen molar-refractivity contribution < 1.29 is 14.7 Å². The summed E-state index contributed by atoms with van der Waals surface area (Å²) in [5, 5.41) is 15.7. The lowest BCUT2D eigenvalue weighted by Crippen LogP contribution is -2.44. The van der Waals surface area contributed by atoms with E-state index in [4.69, 9.17) is 4.98 Å². The summed E-state index contributed by atoms with van der Waals surface area (Å²) in [7, 11) is 3.82. The van der Waals surface area contributed by atoms with E-state index < -0.39 is 0 Å². The van der Waals surface area contributed by atoms with Gasteiger partial charge in [0.15, 0.2) is 0 Å². The highest BCUT2D eigenvalue weighted by molar-refractivity contribution is 6.10. The minimum absolute atomic E-state index is 0.0677. The highest BCUT2D eigenvalue weighted by Crippen LogP contribution is 2.39. The van der Waals surface area contributed by atoms with Crippen LogP contribution in [-0.2, 0) is 13.1 Å². The third-order valence-corrected chi connectivity index (χ3v) is 7.09. The smallest absolute Gasteiger partial charge is 0.269 e. The Hall–Kier alpha value is -3.04. The largest absolute Gasteiger partial charge is 0.396 e. The van der Waals surface area contributed by atoms with E-state index in [-0.39, 0.29) is 35.6 Å². The van der Waals surface area contributed by atoms with Crippen LogP contribution in [0, 0.1) is 5.41 Å². The first-order valence-electron chi connectivity index (χ1n) is 11.9. The fourth-order valence-electron chi connectivity index (χ4n) is 4.42. The zero-order valence-electron chi connectivity index (χ0n) is 20.4. The second-order valence-electron chi connectivity index (χ2n) is 9.65. The van der Waals surface area contributed by atoms with Crippen molar-refractivity contribution >= 4 is 23.5 Å². The zero-order chi connectivity index (χ0) is 24.5. The van der Waals surface area contributed by atoms with Gasteiger partial charge in [0.05, 0.1) is 24.4 Å². The number of carbonyl (C=O) groups excluding carboxylic acids is 2. The molecule has 1 saturated carbocycles. The number of rotatable bonds is 9. The maximum Gasteiger partial charge on any atom is 0.269 e. The predicted octanol–water partition coefficient (Wildman–Crippen LogP) is 2.09. The number of hydrogen-bond acceptors (Lipinski definition) is 7. The highest BCUT2D eigenvalue weighted by Gasteiger charge is 2.37. The Kier molecular flexibility index (Phi) is 6.86. The van der Waals surface area contributed by atoms with Crippen molar-refractivity contribution in [2.75, 3.05) is 37.0 Å². The van der Waals surface area contributed by atoms with E-state index in [2.05, 4.69) is 29.5 Å². The van der Waals surface area contributed by atoms with Crippen molar-refractivity contribution in [3.8, 4) is 0 Å². The number of carbonyl (C=O) groups is 2. The molecule has 0 aromatic carbocycles. The average molecular weight is 467 g/mol. The average Bonchev–Trinajstić information content (AvgIpc) is 3.15. The molecule has 0 atom stereocenters.